The molecule has 0 saturated carbocycles. The molecule has 0 amide bonds. The van der Waals surface area contributed by atoms with Crippen LogP contribution in [0.4, 0.5) is 5.69 Å². The maximum absolute atomic E-state index is 5.96. The van der Waals surface area contributed by atoms with E-state index in [1.54, 1.807) is 18.3 Å². The lowest BCUT2D eigenvalue weighted by Gasteiger charge is -2.07. The first-order valence-electron chi connectivity index (χ1n) is 5.16. The van der Waals surface area contributed by atoms with Gasteiger partial charge in [-0.15, -0.1) is 5.10 Å². The molecule has 84 valence electrons. The number of hydrogen-bond acceptors (Lipinski definition) is 3. The summed E-state index contributed by atoms with van der Waals surface area (Å²) in [7, 11) is 0. The Labute approximate surface area is 99.0 Å². The summed E-state index contributed by atoms with van der Waals surface area (Å²) >= 11 is 5.96. The maximum Gasteiger partial charge on any atom is 0.0906 e. The summed E-state index contributed by atoms with van der Waals surface area (Å²) in [5.74, 6) is 0. The minimum atomic E-state index is 0.661. The van der Waals surface area contributed by atoms with Crippen molar-refractivity contribution in [3.05, 3.63) is 29.4 Å². The number of nitrogen functional groups attached to an aromatic ring is 1. The van der Waals surface area contributed by atoms with Crippen molar-refractivity contribution in [3.63, 3.8) is 0 Å². The SMILES string of the molecule is CCCn1nncc1-c1cc(Cl)ccc1N. The van der Waals surface area contributed by atoms with Crippen molar-refractivity contribution in [2.24, 2.45) is 0 Å². The van der Waals surface area contributed by atoms with Gasteiger partial charge in [-0.2, -0.15) is 0 Å². The zero-order valence-corrected chi connectivity index (χ0v) is 9.78. The maximum atomic E-state index is 5.96. The molecule has 0 bridgehead atoms. The smallest absolute Gasteiger partial charge is 0.0906 e. The average molecular weight is 237 g/mol. The number of nitrogens with two attached hydrogens (primary N) is 1. The van der Waals surface area contributed by atoms with E-state index in [9.17, 15) is 0 Å². The molecule has 2 rings (SSSR count). The number of benzene rings is 1. The van der Waals surface area contributed by atoms with Gasteiger partial charge in [-0.3, -0.25) is 0 Å². The van der Waals surface area contributed by atoms with Crippen molar-refractivity contribution in [2.75, 3.05) is 5.73 Å². The molecule has 1 aromatic heterocycles. The van der Waals surface area contributed by atoms with Gasteiger partial charge in [-0.25, -0.2) is 4.68 Å². The molecule has 0 aliphatic rings. The Hall–Kier alpha value is -1.55. The van der Waals surface area contributed by atoms with Crippen LogP contribution in [0.1, 0.15) is 13.3 Å². The number of halogens is 1. The first kappa shape index (κ1) is 11.0. The quantitative estimate of drug-likeness (QED) is 0.834. The van der Waals surface area contributed by atoms with Gasteiger partial charge in [0.1, 0.15) is 0 Å². The Bertz CT molecular complexity index is 492. The lowest BCUT2D eigenvalue weighted by molar-refractivity contribution is 0.584. The van der Waals surface area contributed by atoms with E-state index in [1.165, 1.54) is 0 Å². The summed E-state index contributed by atoms with van der Waals surface area (Å²) in [5, 5.41) is 8.58. The molecule has 0 radical (unpaired) electrons. The van der Waals surface area contributed by atoms with Gasteiger partial charge in [0.2, 0.25) is 0 Å². The third kappa shape index (κ3) is 2.02. The van der Waals surface area contributed by atoms with Crippen molar-refractivity contribution < 1.29 is 0 Å². The van der Waals surface area contributed by atoms with Crippen LogP contribution in [0.5, 0.6) is 0 Å². The molecule has 4 nitrogen and oxygen atoms in total. The van der Waals surface area contributed by atoms with Crippen LogP contribution in [0.2, 0.25) is 5.02 Å². The van der Waals surface area contributed by atoms with Crippen molar-refractivity contribution in [1.29, 1.82) is 0 Å². The Kier molecular flexibility index (Phi) is 3.10. The van der Waals surface area contributed by atoms with Crippen molar-refractivity contribution in [2.45, 2.75) is 19.9 Å². The van der Waals surface area contributed by atoms with Gasteiger partial charge in [0.25, 0.3) is 0 Å². The van der Waals surface area contributed by atoms with Crippen LogP contribution in [0.15, 0.2) is 24.4 Å². The summed E-state index contributed by atoms with van der Waals surface area (Å²) in [4.78, 5) is 0. The van der Waals surface area contributed by atoms with E-state index in [2.05, 4.69) is 17.2 Å². The van der Waals surface area contributed by atoms with Gasteiger partial charge in [0.05, 0.1) is 11.9 Å². The largest absolute Gasteiger partial charge is 0.398 e. The van der Waals surface area contributed by atoms with Crippen LogP contribution in [-0.4, -0.2) is 15.0 Å². The molecule has 16 heavy (non-hydrogen) atoms. The Morgan fingerprint density at radius 2 is 2.25 bits per heavy atom. The van der Waals surface area contributed by atoms with Gasteiger partial charge in [-0.05, 0) is 24.6 Å². The third-order valence-electron chi connectivity index (χ3n) is 2.34. The topological polar surface area (TPSA) is 56.7 Å². The zero-order chi connectivity index (χ0) is 11.5. The fourth-order valence-corrected chi connectivity index (χ4v) is 1.77. The molecule has 0 spiro atoms. The van der Waals surface area contributed by atoms with Crippen LogP contribution >= 0.6 is 11.6 Å². The van der Waals surface area contributed by atoms with Gasteiger partial charge >= 0.3 is 0 Å². The molecule has 1 heterocycles. The normalized spacial score (nSPS) is 10.6. The van der Waals surface area contributed by atoms with Gasteiger partial charge in [-0.1, -0.05) is 23.7 Å². The molecule has 0 atom stereocenters. The summed E-state index contributed by atoms with van der Waals surface area (Å²) in [6, 6.07) is 5.40. The minimum absolute atomic E-state index is 0.661. The summed E-state index contributed by atoms with van der Waals surface area (Å²) in [5.41, 5.74) is 8.39. The summed E-state index contributed by atoms with van der Waals surface area (Å²) in [6.07, 6.45) is 2.70. The van der Waals surface area contributed by atoms with E-state index in [0.717, 1.165) is 24.2 Å². The first-order chi connectivity index (χ1) is 7.72. The average Bonchev–Trinajstić information content (AvgIpc) is 2.70. The first-order valence-corrected chi connectivity index (χ1v) is 5.54. The van der Waals surface area contributed by atoms with Gasteiger partial charge < -0.3 is 5.73 Å². The molecule has 0 saturated heterocycles. The molecule has 0 unspecified atom stereocenters. The van der Waals surface area contributed by atoms with Crippen molar-refractivity contribution in [3.8, 4) is 11.3 Å². The van der Waals surface area contributed by atoms with E-state index < -0.39 is 0 Å². The van der Waals surface area contributed by atoms with Crippen molar-refractivity contribution in [1.82, 2.24) is 15.0 Å². The Morgan fingerprint density at radius 3 is 3.00 bits per heavy atom. The van der Waals surface area contributed by atoms with E-state index in [4.69, 9.17) is 17.3 Å². The number of aromatic nitrogens is 3. The van der Waals surface area contributed by atoms with E-state index in [0.29, 0.717) is 10.7 Å². The highest BCUT2D eigenvalue weighted by Gasteiger charge is 2.09. The predicted molar refractivity (Wildman–Crippen MR) is 65.2 cm³/mol. The third-order valence-corrected chi connectivity index (χ3v) is 2.58. The van der Waals surface area contributed by atoms with Crippen LogP contribution in [0, 0.1) is 0 Å². The summed E-state index contributed by atoms with van der Waals surface area (Å²) < 4.78 is 1.84. The van der Waals surface area contributed by atoms with E-state index in [1.807, 2.05) is 10.7 Å². The lowest BCUT2D eigenvalue weighted by atomic mass is 10.1. The van der Waals surface area contributed by atoms with E-state index in [-0.39, 0.29) is 0 Å². The van der Waals surface area contributed by atoms with Gasteiger partial charge in [0.15, 0.2) is 0 Å². The molecule has 2 N–H and O–H groups in total. The van der Waals surface area contributed by atoms with Crippen LogP contribution in [0.25, 0.3) is 11.3 Å². The van der Waals surface area contributed by atoms with Crippen molar-refractivity contribution >= 4 is 17.3 Å². The van der Waals surface area contributed by atoms with Crippen LogP contribution < -0.4 is 5.73 Å². The molecule has 0 fully saturated rings. The summed E-state index contributed by atoms with van der Waals surface area (Å²) in [6.45, 7) is 2.91. The van der Waals surface area contributed by atoms with E-state index >= 15 is 0 Å². The molecule has 0 aliphatic heterocycles. The highest BCUT2D eigenvalue weighted by Crippen LogP contribution is 2.28. The fraction of sp³-hybridized carbons (Fsp3) is 0.273. The monoisotopic (exact) mass is 236 g/mol. The molecule has 1 aromatic carbocycles. The number of aryl methyl sites for hydroxylation is 1. The molecular formula is C11H13ClN4. The Balaban J connectivity index is 2.49. The lowest BCUT2D eigenvalue weighted by Crippen LogP contribution is -2.02. The predicted octanol–water partition coefficient (Wildman–Crippen LogP) is 2.59. The zero-order valence-electron chi connectivity index (χ0n) is 9.02. The molecule has 2 aromatic rings. The molecule has 0 aliphatic carbocycles. The standard InChI is InChI=1S/C11H13ClN4/c1-2-5-16-11(7-14-15-16)9-6-8(12)3-4-10(9)13/h3-4,6-7H,2,5,13H2,1H3. The second kappa shape index (κ2) is 4.53. The number of anilines is 1. The molecule has 5 heteroatoms. The number of rotatable bonds is 3. The minimum Gasteiger partial charge on any atom is -0.398 e. The highest BCUT2D eigenvalue weighted by atomic mass is 35.5. The Morgan fingerprint density at radius 1 is 1.44 bits per heavy atom. The number of hydrogen-bond donors (Lipinski definition) is 1. The fourth-order valence-electron chi connectivity index (χ4n) is 1.59. The second-order valence-corrected chi connectivity index (χ2v) is 4.01. The van der Waals surface area contributed by atoms with Gasteiger partial charge in [0, 0.05) is 22.8 Å². The van der Waals surface area contributed by atoms with Crippen LogP contribution in [0.3, 0.4) is 0 Å². The number of nitrogens with zero attached hydrogens (tertiary/aromatic N) is 3. The second-order valence-electron chi connectivity index (χ2n) is 3.57. The highest BCUT2D eigenvalue weighted by molar-refractivity contribution is 6.31. The molecular weight excluding hydrogens is 224 g/mol. The van der Waals surface area contributed by atoms with Crippen LogP contribution in [-0.2, 0) is 6.54 Å².